The van der Waals surface area contributed by atoms with E-state index in [1.165, 1.54) is 46.9 Å². The number of aliphatic hydroxyl groups is 2. The summed E-state index contributed by atoms with van der Waals surface area (Å²) in [5.41, 5.74) is 18.7. The zero-order valence-corrected chi connectivity index (χ0v) is 44.2. The Balaban J connectivity index is 0.943. The van der Waals surface area contributed by atoms with Gasteiger partial charge in [-0.3, -0.25) is 40.8 Å². The number of aromatic nitrogens is 12. The molecule has 13 N–H and O–H groups in total. The summed E-state index contributed by atoms with van der Waals surface area (Å²) < 4.78 is 98.3. The number of nitrogens with zero attached hydrogens (tertiary/aromatic N) is 12. The largest absolute Gasteiger partial charge is 0.472 e. The molecule has 0 radical (unpaired) electrons. The van der Waals surface area contributed by atoms with Crippen molar-refractivity contribution in [1.82, 2.24) is 58.6 Å². The third-order valence-corrected chi connectivity index (χ3v) is 16.0. The van der Waals surface area contributed by atoms with Gasteiger partial charge in [0, 0.05) is 14.2 Å². The Bertz CT molecular complexity index is 3250. The van der Waals surface area contributed by atoms with Crippen LogP contribution in [-0.4, -0.2) is 195 Å². The molecule has 15 atom stereocenters. The lowest BCUT2D eigenvalue weighted by molar-refractivity contribution is -0.0630. The van der Waals surface area contributed by atoms with Gasteiger partial charge in [0.15, 0.2) is 53.1 Å². The van der Waals surface area contributed by atoms with Gasteiger partial charge in [-0.1, -0.05) is 0 Å². The molecule has 3 aliphatic heterocycles. The van der Waals surface area contributed by atoms with Gasteiger partial charge in [-0.2, -0.15) is 0 Å². The molecule has 6 aromatic rings. The molecule has 3 saturated heterocycles. The van der Waals surface area contributed by atoms with E-state index in [1.807, 2.05) is 0 Å². The topological polar surface area (TPSA) is 495 Å². The van der Waals surface area contributed by atoms with Crippen LogP contribution in [0, 0.1) is 0 Å². The second-order valence-corrected chi connectivity index (χ2v) is 24.7. The van der Waals surface area contributed by atoms with E-state index in [9.17, 15) is 38.7 Å². The fraction of sp³-hybridized carbons (Fsp3) is 0.559. The zero-order valence-electron chi connectivity index (χ0n) is 39.0. The average Bonchev–Trinajstić information content (AvgIpc) is 4.25. The number of fused-ring (bicyclic) bond motifs is 3. The number of nitrogen functional groups attached to an aromatic ring is 3. The number of anilines is 3. The number of imidazole rings is 3. The maximum absolute atomic E-state index is 14.0. The van der Waals surface area contributed by atoms with E-state index in [0.29, 0.717) is 0 Å². The Labute approximate surface area is 436 Å². The minimum Gasteiger partial charge on any atom is -0.394 e. The van der Waals surface area contributed by atoms with Crippen LogP contribution in [0.3, 0.4) is 0 Å². The number of methoxy groups -OCH3 is 2. The quantitative estimate of drug-likeness (QED) is 0.0316. The van der Waals surface area contributed by atoms with Gasteiger partial charge in [0.05, 0.1) is 52.0 Å². The smallest absolute Gasteiger partial charge is 0.394 e. The minimum absolute atomic E-state index is 0.0256. The molecule has 76 heavy (non-hydrogen) atoms. The summed E-state index contributed by atoms with van der Waals surface area (Å²) in [4.78, 5) is 90.7. The number of rotatable bonds is 23. The van der Waals surface area contributed by atoms with Crippen molar-refractivity contribution >= 4 is 104 Å². The van der Waals surface area contributed by atoms with Gasteiger partial charge in [0.2, 0.25) is 0 Å². The Morgan fingerprint density at radius 2 is 0.961 bits per heavy atom. The number of nitrogens with two attached hydrogens (primary N) is 3. The highest BCUT2D eigenvalue weighted by Gasteiger charge is 2.54. The monoisotopic (exact) mass is 1190 g/mol. The van der Waals surface area contributed by atoms with Crippen molar-refractivity contribution in [1.29, 1.82) is 0 Å². The predicted octanol–water partition coefficient (Wildman–Crippen LogP) is -1.82. The summed E-state index contributed by atoms with van der Waals surface area (Å²) in [6.45, 7) is -12.5. The molecule has 6 unspecified atom stereocenters. The first kappa shape index (κ1) is 56.8. The first-order valence-corrected chi connectivity index (χ1v) is 30.0. The summed E-state index contributed by atoms with van der Waals surface area (Å²) >= 11 is 10.2. The maximum atomic E-state index is 14.0. The lowest BCUT2D eigenvalue weighted by Crippen LogP contribution is -2.38. The molecule has 6 aromatic heterocycles. The molecule has 3 fully saturated rings. The molecule has 416 valence electrons. The fourth-order valence-corrected chi connectivity index (χ4v) is 12.4. The van der Waals surface area contributed by atoms with Gasteiger partial charge in [0.25, 0.3) is 0 Å². The predicted molar refractivity (Wildman–Crippen MR) is 259 cm³/mol. The van der Waals surface area contributed by atoms with Crippen LogP contribution >= 0.6 is 29.1 Å². The summed E-state index contributed by atoms with van der Waals surface area (Å²) in [6, 6.07) is 0. The molecular formula is C34H47N15O21P4S2. The van der Waals surface area contributed by atoms with Crippen molar-refractivity contribution in [3.8, 4) is 0 Å². The van der Waals surface area contributed by atoms with Gasteiger partial charge >= 0.3 is 29.1 Å². The molecule has 0 aliphatic carbocycles. The van der Waals surface area contributed by atoms with Gasteiger partial charge in [-0.15, -0.1) is 0 Å². The van der Waals surface area contributed by atoms with Crippen molar-refractivity contribution in [3.05, 3.63) is 38.0 Å². The summed E-state index contributed by atoms with van der Waals surface area (Å²) in [5, 5.41) is 21.0. The SMILES string of the molecule is CO[C@@H]1C(OP(=O)(O)OC[C@H]2O[C@@H](n3cnc4c(N)ncnc43)C(OP(O)(=S)OC[C@H]3O[C@@H](n4cnc5c(N)ncnc54)C(OP(O)(O)=S)[C@H]3OC)[C@H]2O)[C@H](n2cnc3c(N)ncnc32)O[C@@H]1COP(=O)(O)OCCO. The Morgan fingerprint density at radius 1 is 0.553 bits per heavy atom. The molecule has 0 aromatic carbocycles. The summed E-state index contributed by atoms with van der Waals surface area (Å²) in [5.74, 6) is -0.0552. The first-order valence-electron chi connectivity index (χ1n) is 21.8. The van der Waals surface area contributed by atoms with E-state index in [-0.39, 0.29) is 50.9 Å². The highest BCUT2D eigenvalue weighted by Crippen LogP contribution is 2.54. The van der Waals surface area contributed by atoms with Crippen molar-refractivity contribution in [3.63, 3.8) is 0 Å². The Hall–Kier alpha value is -3.95. The van der Waals surface area contributed by atoms with Crippen LogP contribution in [0.4, 0.5) is 17.5 Å². The molecule has 0 amide bonds. The molecule has 0 bridgehead atoms. The molecule has 0 spiro atoms. The van der Waals surface area contributed by atoms with Crippen molar-refractivity contribution in [2.45, 2.75) is 73.6 Å². The van der Waals surface area contributed by atoms with E-state index < -0.39 is 136 Å². The van der Waals surface area contributed by atoms with Crippen LogP contribution in [0.25, 0.3) is 33.5 Å². The number of ether oxygens (including phenoxy) is 5. The van der Waals surface area contributed by atoms with Crippen LogP contribution in [0.15, 0.2) is 38.0 Å². The van der Waals surface area contributed by atoms with Gasteiger partial charge < -0.3 is 80.1 Å². The summed E-state index contributed by atoms with van der Waals surface area (Å²) in [7, 11) is -7.70. The zero-order chi connectivity index (χ0) is 54.5. The lowest BCUT2D eigenvalue weighted by Gasteiger charge is -2.27. The number of hydrogen-bond donors (Lipinski definition) is 10. The van der Waals surface area contributed by atoms with Gasteiger partial charge in [-0.25, -0.2) is 54.0 Å². The van der Waals surface area contributed by atoms with E-state index in [4.69, 9.17) is 101 Å². The minimum atomic E-state index is -5.36. The van der Waals surface area contributed by atoms with E-state index >= 15 is 0 Å². The third kappa shape index (κ3) is 12.0. The molecule has 9 rings (SSSR count). The molecule has 9 heterocycles. The normalized spacial score (nSPS) is 29.6. The van der Waals surface area contributed by atoms with Gasteiger partial charge in [0.1, 0.15) is 90.5 Å². The highest BCUT2D eigenvalue weighted by molar-refractivity contribution is 8.07. The van der Waals surface area contributed by atoms with E-state index in [2.05, 4.69) is 44.9 Å². The highest BCUT2D eigenvalue weighted by atomic mass is 32.5. The second kappa shape index (κ2) is 22.7. The second-order valence-electron chi connectivity index (χ2n) is 16.4. The van der Waals surface area contributed by atoms with Crippen molar-refractivity contribution in [2.24, 2.45) is 0 Å². The first-order chi connectivity index (χ1) is 36.0. The Kier molecular flexibility index (Phi) is 16.9. The number of aliphatic hydroxyl groups excluding tert-OH is 2. The van der Waals surface area contributed by atoms with Crippen LogP contribution in [-0.2, 0) is 88.1 Å². The lowest BCUT2D eigenvalue weighted by atomic mass is 10.1. The summed E-state index contributed by atoms with van der Waals surface area (Å²) in [6.07, 6.45) is -10.6. The molecule has 0 saturated carbocycles. The molecule has 42 heteroatoms. The van der Waals surface area contributed by atoms with Crippen molar-refractivity contribution in [2.75, 3.05) is 64.5 Å². The van der Waals surface area contributed by atoms with Crippen LogP contribution in [0.2, 0.25) is 0 Å². The number of phosphoric ester groups is 2. The van der Waals surface area contributed by atoms with Gasteiger partial charge in [-0.05, 0) is 23.6 Å². The number of phosphoric acid groups is 2. The Morgan fingerprint density at radius 3 is 1.41 bits per heavy atom. The number of hydrogen-bond acceptors (Lipinski definition) is 30. The maximum Gasteiger partial charge on any atom is 0.472 e. The van der Waals surface area contributed by atoms with Crippen LogP contribution < -0.4 is 17.2 Å². The fourth-order valence-electron chi connectivity index (χ4n) is 8.51. The van der Waals surface area contributed by atoms with Crippen LogP contribution in [0.5, 0.6) is 0 Å². The third-order valence-electron chi connectivity index (χ3n) is 11.7. The van der Waals surface area contributed by atoms with Crippen LogP contribution in [0.1, 0.15) is 18.7 Å². The van der Waals surface area contributed by atoms with E-state index in [1.54, 1.807) is 0 Å². The molecule has 36 nitrogen and oxygen atoms in total. The molecule has 3 aliphatic rings. The average molecular weight is 1190 g/mol. The van der Waals surface area contributed by atoms with E-state index in [0.717, 1.165) is 19.0 Å². The molecular weight excluding hydrogens is 1140 g/mol. The standard InChI is InChI=1S/C34H47N15O21P4S2/c1-59-21-15(6-62-71(52,53)61-4-3-50)66-33(48-12-45-18-27(36)39-9-42-30(18)48)24(21)68-72(54,55)63-5-14-20(51)23(32(65-14)47-11-44-17-26(35)38-8-41-29(17)47)70-74(58,76)64-7-16-22(60-2)25(69-73(56,57)75)34(67-16)49-13-46-19-28(37)40-10-43-31(19)49/h8-16,20-25,32-34,50-51H,3-7H2,1-2H3,(H,52,53)(H,54,55)(H,58,76)(H2,35,38,41)(H2,36,39,42)(H2,37,40,43)(H2,56,57,75)/t14-,15-,16-,20+,21+,22+,23?,24?,25?,32-,33-,34-,74?/m1/s1. The van der Waals surface area contributed by atoms with Crippen molar-refractivity contribution < 1.29 is 99.2 Å².